The Kier molecular flexibility index (Phi) is 4.55. The van der Waals surface area contributed by atoms with Gasteiger partial charge in [0.25, 0.3) is 5.82 Å². The highest BCUT2D eigenvalue weighted by Gasteiger charge is 2.28. The molecule has 3 heteroatoms. The second kappa shape index (κ2) is 7.72. The third kappa shape index (κ3) is 3.13. The van der Waals surface area contributed by atoms with Crippen LogP contribution in [0.1, 0.15) is 5.56 Å². The molecule has 4 aromatic carbocycles. The molecule has 3 nitrogen and oxygen atoms in total. The van der Waals surface area contributed by atoms with Crippen LogP contribution in [0.3, 0.4) is 0 Å². The molecule has 0 saturated heterocycles. The lowest BCUT2D eigenvalue weighted by atomic mass is 10.00. The van der Waals surface area contributed by atoms with Gasteiger partial charge < -0.3 is 0 Å². The summed E-state index contributed by atoms with van der Waals surface area (Å²) in [6.07, 6.45) is 3.74. The van der Waals surface area contributed by atoms with Crippen molar-refractivity contribution in [2.45, 2.75) is 6.92 Å². The predicted octanol–water partition coefficient (Wildman–Crippen LogP) is 6.65. The third-order valence-electron chi connectivity index (χ3n) is 6.48. The number of imidazole rings is 1. The Hall–Kier alpha value is -4.24. The largest absolute Gasteiger partial charge is 0.295 e. The second-order valence-corrected chi connectivity index (χ2v) is 8.48. The van der Waals surface area contributed by atoms with E-state index in [0.717, 1.165) is 17.1 Å². The molecule has 6 rings (SSSR count). The average molecular weight is 427 g/mol. The first kappa shape index (κ1) is 19.4. The minimum absolute atomic E-state index is 1.12. The van der Waals surface area contributed by atoms with Gasteiger partial charge >= 0.3 is 0 Å². The highest BCUT2D eigenvalue weighted by molar-refractivity contribution is 6.05. The average Bonchev–Trinajstić information content (AvgIpc) is 3.18. The molecule has 0 radical (unpaired) electrons. The molecule has 0 atom stereocenters. The van der Waals surface area contributed by atoms with E-state index in [9.17, 15) is 0 Å². The van der Waals surface area contributed by atoms with Crippen LogP contribution in [0.5, 0.6) is 0 Å². The Morgan fingerprint density at radius 2 is 1.58 bits per heavy atom. The first-order valence-electron chi connectivity index (χ1n) is 11.2. The lowest BCUT2D eigenvalue weighted by Crippen LogP contribution is -2.30. The summed E-state index contributed by atoms with van der Waals surface area (Å²) < 4.78 is 4.73. The molecule has 0 N–H and O–H groups in total. The van der Waals surface area contributed by atoms with E-state index in [1.54, 1.807) is 0 Å². The van der Waals surface area contributed by atoms with E-state index in [2.05, 4.69) is 119 Å². The number of fused-ring (bicyclic) bond motifs is 3. The topological polar surface area (TPSA) is 21.7 Å². The fraction of sp³-hybridized carbons (Fsp3) is 0.0667. The standard InChI is InChI=1S/C30H24N3/c1-21-14-15-23(24-10-8-18-31-20-24)19-27(21)30-32(2)28-17-16-22-9-6-7-13-26(22)29(28)33(30)25-11-4-3-5-12-25/h3-20H,1-2H3/q+1. The second-order valence-electron chi connectivity index (χ2n) is 8.48. The van der Waals surface area contributed by atoms with Gasteiger partial charge in [0.05, 0.1) is 12.6 Å². The summed E-state index contributed by atoms with van der Waals surface area (Å²) in [5.41, 5.74) is 8.32. The van der Waals surface area contributed by atoms with Gasteiger partial charge in [-0.1, -0.05) is 54.6 Å². The van der Waals surface area contributed by atoms with Gasteiger partial charge in [0.2, 0.25) is 0 Å². The van der Waals surface area contributed by atoms with Crippen molar-refractivity contribution < 1.29 is 4.57 Å². The molecule has 0 fully saturated rings. The normalized spacial score (nSPS) is 11.3. The Labute approximate surface area is 193 Å². The zero-order valence-corrected chi connectivity index (χ0v) is 18.7. The van der Waals surface area contributed by atoms with Gasteiger partial charge in [-0.05, 0) is 65.9 Å². The number of para-hydroxylation sites is 1. The molecule has 0 saturated carbocycles. The maximum Gasteiger partial charge on any atom is 0.295 e. The molecule has 2 aromatic heterocycles. The number of benzene rings is 4. The van der Waals surface area contributed by atoms with E-state index in [1.165, 1.54) is 38.5 Å². The van der Waals surface area contributed by atoms with Crippen LogP contribution >= 0.6 is 0 Å². The monoisotopic (exact) mass is 426 g/mol. The number of aryl methyl sites for hydroxylation is 2. The summed E-state index contributed by atoms with van der Waals surface area (Å²) in [6, 6.07) is 34.5. The Bertz CT molecular complexity index is 1610. The number of hydrogen-bond acceptors (Lipinski definition) is 1. The van der Waals surface area contributed by atoms with Crippen molar-refractivity contribution in [1.29, 1.82) is 0 Å². The Balaban J connectivity index is 1.74. The Morgan fingerprint density at radius 3 is 2.39 bits per heavy atom. The molecule has 0 unspecified atom stereocenters. The summed E-state index contributed by atoms with van der Waals surface area (Å²) in [5, 5.41) is 2.49. The highest BCUT2D eigenvalue weighted by Crippen LogP contribution is 2.34. The van der Waals surface area contributed by atoms with Crippen molar-refractivity contribution in [1.82, 2.24) is 9.55 Å². The summed E-state index contributed by atoms with van der Waals surface area (Å²) in [5.74, 6) is 1.16. The zero-order chi connectivity index (χ0) is 22.4. The maximum absolute atomic E-state index is 4.33. The van der Waals surface area contributed by atoms with Crippen molar-refractivity contribution in [2.24, 2.45) is 7.05 Å². The van der Waals surface area contributed by atoms with Gasteiger partial charge in [-0.15, -0.1) is 0 Å². The molecular formula is C30H24N3+. The molecule has 2 heterocycles. The van der Waals surface area contributed by atoms with E-state index < -0.39 is 0 Å². The fourth-order valence-corrected chi connectivity index (χ4v) is 4.82. The van der Waals surface area contributed by atoms with E-state index in [1.807, 2.05) is 18.5 Å². The summed E-state index contributed by atoms with van der Waals surface area (Å²) in [6.45, 7) is 2.19. The van der Waals surface area contributed by atoms with Crippen LogP contribution in [0.15, 0.2) is 109 Å². The van der Waals surface area contributed by atoms with Crippen molar-refractivity contribution in [3.05, 3.63) is 115 Å². The zero-order valence-electron chi connectivity index (χ0n) is 18.7. The smallest absolute Gasteiger partial charge is 0.264 e. The Morgan fingerprint density at radius 1 is 0.758 bits per heavy atom. The molecule has 0 amide bonds. The van der Waals surface area contributed by atoms with E-state index in [4.69, 9.17) is 0 Å². The summed E-state index contributed by atoms with van der Waals surface area (Å²) in [7, 11) is 2.17. The van der Waals surface area contributed by atoms with Crippen LogP contribution in [0.25, 0.3) is 50.0 Å². The first-order chi connectivity index (χ1) is 16.2. The minimum atomic E-state index is 1.12. The number of nitrogens with zero attached hydrogens (tertiary/aromatic N) is 3. The van der Waals surface area contributed by atoms with Crippen LogP contribution in [-0.4, -0.2) is 9.55 Å². The quantitative estimate of drug-likeness (QED) is 0.291. The van der Waals surface area contributed by atoms with Gasteiger partial charge in [0.15, 0.2) is 11.0 Å². The predicted molar refractivity (Wildman–Crippen MR) is 135 cm³/mol. The third-order valence-corrected chi connectivity index (χ3v) is 6.48. The molecule has 33 heavy (non-hydrogen) atoms. The summed E-state index contributed by atoms with van der Waals surface area (Å²) in [4.78, 5) is 4.33. The van der Waals surface area contributed by atoms with Crippen LogP contribution in [-0.2, 0) is 7.05 Å². The molecule has 158 valence electrons. The lowest BCUT2D eigenvalue weighted by molar-refractivity contribution is -0.633. The fourth-order valence-electron chi connectivity index (χ4n) is 4.82. The number of pyridine rings is 1. The van der Waals surface area contributed by atoms with E-state index >= 15 is 0 Å². The van der Waals surface area contributed by atoms with Gasteiger partial charge in [-0.25, -0.2) is 4.57 Å². The van der Waals surface area contributed by atoms with Gasteiger partial charge in [0.1, 0.15) is 5.69 Å². The SMILES string of the molecule is Cc1ccc(-c2cccnc2)cc1-c1n(-c2ccccc2)c2c3ccccc3ccc2[n+]1C. The number of rotatable bonds is 3. The molecular weight excluding hydrogens is 402 g/mol. The van der Waals surface area contributed by atoms with Crippen LogP contribution in [0.2, 0.25) is 0 Å². The lowest BCUT2D eigenvalue weighted by Gasteiger charge is -2.09. The van der Waals surface area contributed by atoms with E-state index in [0.29, 0.717) is 0 Å². The van der Waals surface area contributed by atoms with Gasteiger partial charge in [0, 0.05) is 23.3 Å². The van der Waals surface area contributed by atoms with Crippen molar-refractivity contribution in [2.75, 3.05) is 0 Å². The van der Waals surface area contributed by atoms with Gasteiger partial charge in [-0.3, -0.25) is 4.98 Å². The molecule has 0 aliphatic heterocycles. The van der Waals surface area contributed by atoms with Crippen molar-refractivity contribution >= 4 is 21.8 Å². The minimum Gasteiger partial charge on any atom is -0.264 e. The molecule has 0 aliphatic carbocycles. The molecule has 0 aliphatic rings. The molecule has 0 spiro atoms. The molecule has 0 bridgehead atoms. The number of aromatic nitrogens is 3. The number of hydrogen-bond donors (Lipinski definition) is 0. The highest BCUT2D eigenvalue weighted by atomic mass is 15.2. The maximum atomic E-state index is 4.33. The molecule has 6 aromatic rings. The van der Waals surface area contributed by atoms with Crippen molar-refractivity contribution in [3.8, 4) is 28.2 Å². The van der Waals surface area contributed by atoms with Crippen LogP contribution in [0.4, 0.5) is 0 Å². The first-order valence-corrected chi connectivity index (χ1v) is 11.2. The summed E-state index contributed by atoms with van der Waals surface area (Å²) >= 11 is 0. The van der Waals surface area contributed by atoms with Gasteiger partial charge in [-0.2, -0.15) is 4.57 Å². The van der Waals surface area contributed by atoms with Crippen LogP contribution < -0.4 is 4.57 Å². The van der Waals surface area contributed by atoms with Crippen molar-refractivity contribution in [3.63, 3.8) is 0 Å². The van der Waals surface area contributed by atoms with Crippen LogP contribution in [0, 0.1) is 6.92 Å². The van der Waals surface area contributed by atoms with E-state index in [-0.39, 0.29) is 0 Å².